The third kappa shape index (κ3) is 3.25. The van der Waals surface area contributed by atoms with Gasteiger partial charge in [-0.15, -0.1) is 5.10 Å². The van der Waals surface area contributed by atoms with Crippen molar-refractivity contribution in [2.75, 3.05) is 0 Å². The van der Waals surface area contributed by atoms with Crippen LogP contribution in [0.2, 0.25) is 0 Å². The van der Waals surface area contributed by atoms with Crippen LogP contribution < -0.4 is 5.32 Å². The molecule has 0 atom stereocenters. The molecule has 0 aliphatic rings. The summed E-state index contributed by atoms with van der Waals surface area (Å²) < 4.78 is 1.61. The van der Waals surface area contributed by atoms with Crippen LogP contribution in [0, 0.1) is 6.92 Å². The number of amides is 1. The second-order valence-electron chi connectivity index (χ2n) is 4.97. The molecule has 3 aromatic rings. The first kappa shape index (κ1) is 14.1. The van der Waals surface area contributed by atoms with E-state index in [2.05, 4.69) is 25.8 Å². The number of benzene rings is 1. The van der Waals surface area contributed by atoms with E-state index in [9.17, 15) is 4.79 Å². The fourth-order valence-corrected chi connectivity index (χ4v) is 2.15. The molecule has 7 heteroatoms. The van der Waals surface area contributed by atoms with Crippen molar-refractivity contribution in [3.8, 4) is 0 Å². The number of hydrogen-bond acceptors (Lipinski definition) is 5. The molecule has 2 heterocycles. The van der Waals surface area contributed by atoms with Gasteiger partial charge in [0, 0.05) is 11.8 Å². The van der Waals surface area contributed by atoms with Gasteiger partial charge in [0.05, 0.1) is 24.3 Å². The summed E-state index contributed by atoms with van der Waals surface area (Å²) in [5, 5.41) is 15.1. The minimum atomic E-state index is -0.0511. The van der Waals surface area contributed by atoms with Crippen LogP contribution in [0.5, 0.6) is 0 Å². The third-order valence-corrected chi connectivity index (χ3v) is 3.38. The van der Waals surface area contributed by atoms with E-state index in [-0.39, 0.29) is 5.91 Å². The van der Waals surface area contributed by atoms with Gasteiger partial charge in [-0.2, -0.15) is 0 Å². The summed E-state index contributed by atoms with van der Waals surface area (Å²) in [6.07, 6.45) is 0.333. The molecule has 2 aromatic heterocycles. The average Bonchev–Trinajstić information content (AvgIpc) is 2.96. The maximum absolute atomic E-state index is 11.9. The van der Waals surface area contributed by atoms with E-state index < -0.39 is 0 Å². The SMILES string of the molecule is Cc1nnnn1CCC(=O)NCc1ccc2ccccc2n1. The van der Waals surface area contributed by atoms with Crippen LogP contribution in [0.3, 0.4) is 0 Å². The topological polar surface area (TPSA) is 85.6 Å². The van der Waals surface area contributed by atoms with Gasteiger partial charge in [-0.1, -0.05) is 24.3 Å². The molecular weight excluding hydrogens is 280 g/mol. The van der Waals surface area contributed by atoms with Crippen molar-refractivity contribution in [3.63, 3.8) is 0 Å². The van der Waals surface area contributed by atoms with E-state index in [0.29, 0.717) is 25.3 Å². The Balaban J connectivity index is 1.54. The van der Waals surface area contributed by atoms with E-state index >= 15 is 0 Å². The van der Waals surface area contributed by atoms with Crippen LogP contribution in [0.15, 0.2) is 36.4 Å². The van der Waals surface area contributed by atoms with Crippen LogP contribution >= 0.6 is 0 Å². The van der Waals surface area contributed by atoms with Crippen molar-refractivity contribution < 1.29 is 4.79 Å². The van der Waals surface area contributed by atoms with Crippen LogP contribution in [0.4, 0.5) is 0 Å². The number of aromatic nitrogens is 5. The lowest BCUT2D eigenvalue weighted by atomic mass is 10.2. The summed E-state index contributed by atoms with van der Waals surface area (Å²) >= 11 is 0. The highest BCUT2D eigenvalue weighted by molar-refractivity contribution is 5.78. The van der Waals surface area contributed by atoms with E-state index in [4.69, 9.17) is 0 Å². The highest BCUT2D eigenvalue weighted by Crippen LogP contribution is 2.11. The number of carbonyl (C=O) groups excluding carboxylic acids is 1. The molecular formula is C15H16N6O. The Morgan fingerprint density at radius 3 is 2.91 bits per heavy atom. The lowest BCUT2D eigenvalue weighted by Gasteiger charge is -2.06. The molecule has 1 N–H and O–H groups in total. The lowest BCUT2D eigenvalue weighted by Crippen LogP contribution is -2.24. The fraction of sp³-hybridized carbons (Fsp3) is 0.267. The first-order chi connectivity index (χ1) is 10.7. The average molecular weight is 296 g/mol. The highest BCUT2D eigenvalue weighted by atomic mass is 16.1. The minimum Gasteiger partial charge on any atom is -0.350 e. The number of aryl methyl sites for hydroxylation is 2. The monoisotopic (exact) mass is 296 g/mol. The normalized spacial score (nSPS) is 10.8. The quantitative estimate of drug-likeness (QED) is 0.765. The smallest absolute Gasteiger partial charge is 0.222 e. The fourth-order valence-electron chi connectivity index (χ4n) is 2.15. The van der Waals surface area contributed by atoms with Crippen molar-refractivity contribution in [1.29, 1.82) is 0 Å². The molecule has 1 aromatic carbocycles. The van der Waals surface area contributed by atoms with E-state index in [0.717, 1.165) is 16.6 Å². The van der Waals surface area contributed by atoms with Crippen LogP contribution in [0.25, 0.3) is 10.9 Å². The lowest BCUT2D eigenvalue weighted by molar-refractivity contribution is -0.121. The molecule has 112 valence electrons. The Morgan fingerprint density at radius 1 is 1.23 bits per heavy atom. The van der Waals surface area contributed by atoms with Gasteiger partial charge in [-0.25, -0.2) is 4.68 Å². The molecule has 0 bridgehead atoms. The largest absolute Gasteiger partial charge is 0.350 e. The Bertz CT molecular complexity index is 797. The van der Waals surface area contributed by atoms with Crippen molar-refractivity contribution >= 4 is 16.8 Å². The summed E-state index contributed by atoms with van der Waals surface area (Å²) in [5.74, 6) is 0.647. The number of carbonyl (C=O) groups is 1. The highest BCUT2D eigenvalue weighted by Gasteiger charge is 2.06. The second-order valence-corrected chi connectivity index (χ2v) is 4.97. The summed E-state index contributed by atoms with van der Waals surface area (Å²) in [6.45, 7) is 2.69. The molecule has 0 unspecified atom stereocenters. The number of para-hydroxylation sites is 1. The molecule has 1 amide bonds. The molecule has 0 radical (unpaired) electrons. The maximum Gasteiger partial charge on any atom is 0.222 e. The van der Waals surface area contributed by atoms with E-state index in [1.807, 2.05) is 36.4 Å². The van der Waals surface area contributed by atoms with E-state index in [1.54, 1.807) is 11.6 Å². The van der Waals surface area contributed by atoms with Gasteiger partial charge in [0.1, 0.15) is 5.82 Å². The summed E-state index contributed by atoms with van der Waals surface area (Å²) in [6, 6.07) is 11.8. The van der Waals surface area contributed by atoms with Gasteiger partial charge in [-0.3, -0.25) is 9.78 Å². The Hall–Kier alpha value is -2.83. The maximum atomic E-state index is 11.9. The number of nitrogens with zero attached hydrogens (tertiary/aromatic N) is 5. The van der Waals surface area contributed by atoms with Crippen molar-refractivity contribution in [3.05, 3.63) is 47.9 Å². The number of hydrogen-bond donors (Lipinski definition) is 1. The van der Waals surface area contributed by atoms with Crippen molar-refractivity contribution in [2.24, 2.45) is 0 Å². The van der Waals surface area contributed by atoms with Crippen molar-refractivity contribution in [1.82, 2.24) is 30.5 Å². The van der Waals surface area contributed by atoms with E-state index in [1.165, 1.54) is 0 Å². The molecule has 0 spiro atoms. The minimum absolute atomic E-state index is 0.0511. The molecule has 0 aliphatic heterocycles. The van der Waals surface area contributed by atoms with Gasteiger partial charge in [0.2, 0.25) is 5.91 Å². The molecule has 0 aliphatic carbocycles. The molecule has 0 fully saturated rings. The first-order valence-corrected chi connectivity index (χ1v) is 7.06. The van der Waals surface area contributed by atoms with Crippen LogP contribution in [-0.2, 0) is 17.9 Å². The van der Waals surface area contributed by atoms with Crippen molar-refractivity contribution in [2.45, 2.75) is 26.4 Å². The molecule has 0 saturated heterocycles. The predicted molar refractivity (Wildman–Crippen MR) is 80.8 cm³/mol. The molecule has 7 nitrogen and oxygen atoms in total. The van der Waals surface area contributed by atoms with Crippen LogP contribution in [0.1, 0.15) is 17.9 Å². The predicted octanol–water partition coefficient (Wildman–Crippen LogP) is 1.24. The first-order valence-electron chi connectivity index (χ1n) is 7.06. The summed E-state index contributed by atoms with van der Waals surface area (Å²) in [4.78, 5) is 16.4. The third-order valence-electron chi connectivity index (χ3n) is 3.38. The number of tetrazole rings is 1. The Morgan fingerprint density at radius 2 is 2.09 bits per heavy atom. The second kappa shape index (κ2) is 6.30. The summed E-state index contributed by atoms with van der Waals surface area (Å²) in [7, 11) is 0. The van der Waals surface area contributed by atoms with Gasteiger partial charge in [0.15, 0.2) is 0 Å². The molecule has 22 heavy (non-hydrogen) atoms. The number of rotatable bonds is 5. The van der Waals surface area contributed by atoms with Gasteiger partial charge in [0.25, 0.3) is 0 Å². The number of pyridine rings is 1. The summed E-state index contributed by atoms with van der Waals surface area (Å²) in [5.41, 5.74) is 1.77. The van der Waals surface area contributed by atoms with Gasteiger partial charge < -0.3 is 5.32 Å². The number of fused-ring (bicyclic) bond motifs is 1. The Kier molecular flexibility index (Phi) is 4.04. The zero-order valence-electron chi connectivity index (χ0n) is 12.2. The standard InChI is InChI=1S/C15H16N6O/c1-11-18-19-20-21(11)9-8-15(22)16-10-13-7-6-12-4-2-3-5-14(12)17-13/h2-7H,8-10H2,1H3,(H,16,22). The molecule has 3 rings (SSSR count). The zero-order chi connectivity index (χ0) is 15.4. The van der Waals surface area contributed by atoms with Gasteiger partial charge in [-0.05, 0) is 29.5 Å². The molecule has 0 saturated carbocycles. The van der Waals surface area contributed by atoms with Crippen LogP contribution in [-0.4, -0.2) is 31.1 Å². The zero-order valence-corrected chi connectivity index (χ0v) is 12.2. The van der Waals surface area contributed by atoms with Gasteiger partial charge >= 0.3 is 0 Å². The number of nitrogens with one attached hydrogen (secondary N) is 1. The Labute approximate surface area is 127 Å².